The molecule has 1 aliphatic heterocycles. The highest BCUT2D eigenvalue weighted by molar-refractivity contribution is 7.89. The molecule has 8 nitrogen and oxygen atoms in total. The molecule has 1 fully saturated rings. The van der Waals surface area contributed by atoms with E-state index in [4.69, 9.17) is 0 Å². The monoisotopic (exact) mass is 423 g/mol. The fourth-order valence-electron chi connectivity index (χ4n) is 3.97. The lowest BCUT2D eigenvalue weighted by Crippen LogP contribution is -3.15. The molecule has 2 amide bonds. The summed E-state index contributed by atoms with van der Waals surface area (Å²) in [5, 5.41) is 5.23. The van der Waals surface area contributed by atoms with Gasteiger partial charge in [0.1, 0.15) is 0 Å². The van der Waals surface area contributed by atoms with Gasteiger partial charge in [-0.05, 0) is 55.9 Å². The van der Waals surface area contributed by atoms with Crippen LogP contribution in [0.5, 0.6) is 0 Å². The fourth-order valence-corrected chi connectivity index (χ4v) is 5.46. The molecule has 3 rings (SSSR count). The number of hydrogen-bond donors (Lipinski definition) is 3. The zero-order chi connectivity index (χ0) is 20.9. The van der Waals surface area contributed by atoms with Crippen molar-refractivity contribution in [3.05, 3.63) is 29.3 Å². The van der Waals surface area contributed by atoms with Crippen LogP contribution in [0.2, 0.25) is 0 Å². The summed E-state index contributed by atoms with van der Waals surface area (Å²) >= 11 is 0. The average Bonchev–Trinajstić information content (AvgIpc) is 2.72. The van der Waals surface area contributed by atoms with Crippen LogP contribution in [0.25, 0.3) is 0 Å². The molecule has 29 heavy (non-hydrogen) atoms. The number of amides is 2. The number of hydrogen-bond acceptors (Lipinski definition) is 4. The number of aryl methyl sites for hydroxylation is 2. The number of benzene rings is 1. The van der Waals surface area contributed by atoms with E-state index in [1.165, 1.54) is 16.3 Å². The van der Waals surface area contributed by atoms with Crippen molar-refractivity contribution >= 4 is 21.8 Å². The first-order chi connectivity index (χ1) is 13.9. The normalized spacial score (nSPS) is 18.1. The zero-order valence-corrected chi connectivity index (χ0v) is 17.8. The Kier molecular flexibility index (Phi) is 7.26. The molecular weight excluding hydrogens is 392 g/mol. The molecule has 1 heterocycles. The van der Waals surface area contributed by atoms with E-state index in [0.717, 1.165) is 29.7 Å². The number of carbonyl (C=O) groups is 2. The standard InChI is InChI=1S/C20H30N4O4S/c1-2-21-19(25)14-22-20(26)15-23-9-11-24(12-10-23)29(27,28)18-8-7-16-5-3-4-6-17(16)13-18/h7-8,13H,2-6,9-12,14-15H2,1H3,(H,21,25)(H,22,26)/p+1. The number of quaternary nitrogens is 1. The third-order valence-corrected chi connectivity index (χ3v) is 7.51. The van der Waals surface area contributed by atoms with E-state index in [2.05, 4.69) is 10.6 Å². The van der Waals surface area contributed by atoms with Crippen molar-refractivity contribution in [1.82, 2.24) is 14.9 Å². The Morgan fingerprint density at radius 1 is 1.03 bits per heavy atom. The summed E-state index contributed by atoms with van der Waals surface area (Å²) in [6.45, 7) is 4.47. The molecule has 1 saturated heterocycles. The van der Waals surface area contributed by atoms with E-state index in [1.807, 2.05) is 19.1 Å². The van der Waals surface area contributed by atoms with E-state index in [-0.39, 0.29) is 24.9 Å². The highest BCUT2D eigenvalue weighted by atomic mass is 32.2. The Balaban J connectivity index is 1.52. The quantitative estimate of drug-likeness (QED) is 0.508. The first-order valence-corrected chi connectivity index (χ1v) is 11.8. The Morgan fingerprint density at radius 3 is 2.41 bits per heavy atom. The Labute approximate surface area is 172 Å². The predicted molar refractivity (Wildman–Crippen MR) is 109 cm³/mol. The second-order valence-electron chi connectivity index (χ2n) is 7.70. The first kappa shape index (κ1) is 21.7. The van der Waals surface area contributed by atoms with E-state index >= 15 is 0 Å². The molecule has 0 saturated carbocycles. The maximum Gasteiger partial charge on any atom is 0.275 e. The minimum Gasteiger partial charge on any atom is -0.355 e. The van der Waals surface area contributed by atoms with Crippen LogP contribution < -0.4 is 15.5 Å². The molecule has 160 valence electrons. The number of nitrogens with one attached hydrogen (secondary N) is 3. The molecule has 0 spiro atoms. The highest BCUT2D eigenvalue weighted by Crippen LogP contribution is 2.25. The van der Waals surface area contributed by atoms with Gasteiger partial charge in [-0.2, -0.15) is 4.31 Å². The van der Waals surface area contributed by atoms with Gasteiger partial charge in [-0.15, -0.1) is 0 Å². The van der Waals surface area contributed by atoms with Crippen LogP contribution in [0, 0.1) is 0 Å². The highest BCUT2D eigenvalue weighted by Gasteiger charge is 2.31. The number of likely N-dealkylation sites (N-methyl/N-ethyl adjacent to an activating group) is 1. The van der Waals surface area contributed by atoms with E-state index < -0.39 is 10.0 Å². The van der Waals surface area contributed by atoms with Crippen molar-refractivity contribution < 1.29 is 22.9 Å². The van der Waals surface area contributed by atoms with Gasteiger partial charge in [-0.1, -0.05) is 6.07 Å². The van der Waals surface area contributed by atoms with Gasteiger partial charge in [0.25, 0.3) is 5.91 Å². The lowest BCUT2D eigenvalue weighted by Gasteiger charge is -2.31. The van der Waals surface area contributed by atoms with Gasteiger partial charge in [0, 0.05) is 6.54 Å². The molecule has 9 heteroatoms. The Hall–Kier alpha value is -1.97. The Morgan fingerprint density at radius 2 is 1.72 bits per heavy atom. The summed E-state index contributed by atoms with van der Waals surface area (Å²) in [6, 6.07) is 5.53. The van der Waals surface area contributed by atoms with Crippen LogP contribution in [-0.4, -0.2) is 70.4 Å². The molecule has 1 aromatic carbocycles. The van der Waals surface area contributed by atoms with Gasteiger partial charge in [-0.3, -0.25) is 9.59 Å². The van der Waals surface area contributed by atoms with Gasteiger partial charge in [0.15, 0.2) is 6.54 Å². The van der Waals surface area contributed by atoms with Crippen LogP contribution >= 0.6 is 0 Å². The van der Waals surface area contributed by atoms with Gasteiger partial charge >= 0.3 is 0 Å². The minimum absolute atomic E-state index is 0.0290. The summed E-state index contributed by atoms with van der Waals surface area (Å²) < 4.78 is 27.6. The Bertz CT molecular complexity index is 848. The maximum atomic E-state index is 13.0. The summed E-state index contributed by atoms with van der Waals surface area (Å²) in [6.07, 6.45) is 4.25. The van der Waals surface area contributed by atoms with Crippen molar-refractivity contribution in [3.8, 4) is 0 Å². The molecular formula is C20H31N4O4S+. The lowest BCUT2D eigenvalue weighted by atomic mass is 9.92. The molecule has 2 aliphatic rings. The molecule has 3 N–H and O–H groups in total. The molecule has 1 aromatic rings. The second-order valence-corrected chi connectivity index (χ2v) is 9.64. The van der Waals surface area contributed by atoms with Gasteiger partial charge in [-0.25, -0.2) is 8.42 Å². The molecule has 1 aliphatic carbocycles. The molecule has 0 bridgehead atoms. The summed E-state index contributed by atoms with van der Waals surface area (Å²) in [5.74, 6) is -0.408. The molecule has 0 unspecified atom stereocenters. The SMILES string of the molecule is CCNC(=O)CNC(=O)C[NH+]1CCN(S(=O)(=O)c2ccc3c(c2)CCCC3)CC1. The van der Waals surface area contributed by atoms with Crippen LogP contribution in [0.3, 0.4) is 0 Å². The number of rotatable bonds is 7. The smallest absolute Gasteiger partial charge is 0.275 e. The maximum absolute atomic E-state index is 13.0. The van der Waals surface area contributed by atoms with E-state index in [0.29, 0.717) is 37.6 Å². The summed E-state index contributed by atoms with van der Waals surface area (Å²) in [4.78, 5) is 24.8. The van der Waals surface area contributed by atoms with Crippen molar-refractivity contribution in [1.29, 1.82) is 0 Å². The third kappa shape index (κ3) is 5.55. The zero-order valence-electron chi connectivity index (χ0n) is 17.0. The summed E-state index contributed by atoms with van der Waals surface area (Å²) in [5.41, 5.74) is 2.42. The molecule has 0 atom stereocenters. The van der Waals surface area contributed by atoms with Gasteiger partial charge in [0.2, 0.25) is 15.9 Å². The van der Waals surface area contributed by atoms with Gasteiger partial charge < -0.3 is 15.5 Å². The largest absolute Gasteiger partial charge is 0.355 e. The van der Waals surface area contributed by atoms with Crippen molar-refractivity contribution in [2.75, 3.05) is 45.8 Å². The van der Waals surface area contributed by atoms with Crippen molar-refractivity contribution in [2.24, 2.45) is 0 Å². The van der Waals surface area contributed by atoms with Crippen LogP contribution in [-0.2, 0) is 32.5 Å². The number of sulfonamides is 1. The topological polar surface area (TPSA) is 100 Å². The number of nitrogens with zero attached hydrogens (tertiary/aromatic N) is 1. The van der Waals surface area contributed by atoms with Crippen LogP contribution in [0.1, 0.15) is 30.9 Å². The minimum atomic E-state index is -3.51. The number of fused-ring (bicyclic) bond motifs is 1. The van der Waals surface area contributed by atoms with E-state index in [9.17, 15) is 18.0 Å². The first-order valence-electron chi connectivity index (χ1n) is 10.4. The van der Waals surface area contributed by atoms with E-state index in [1.54, 1.807) is 6.07 Å². The number of carbonyl (C=O) groups excluding carboxylic acids is 2. The lowest BCUT2D eigenvalue weighted by molar-refractivity contribution is -0.895. The van der Waals surface area contributed by atoms with Crippen molar-refractivity contribution in [3.63, 3.8) is 0 Å². The van der Waals surface area contributed by atoms with Crippen molar-refractivity contribution in [2.45, 2.75) is 37.5 Å². The summed E-state index contributed by atoms with van der Waals surface area (Å²) in [7, 11) is -3.51. The van der Waals surface area contributed by atoms with Gasteiger partial charge in [0.05, 0.1) is 37.6 Å². The van der Waals surface area contributed by atoms with Crippen LogP contribution in [0.4, 0.5) is 0 Å². The predicted octanol–water partition coefficient (Wildman–Crippen LogP) is -1.29. The molecule has 0 radical (unpaired) electrons. The molecule has 0 aromatic heterocycles. The average molecular weight is 424 g/mol. The second kappa shape index (κ2) is 9.69. The number of piperazine rings is 1. The van der Waals surface area contributed by atoms with Crippen LogP contribution in [0.15, 0.2) is 23.1 Å². The fraction of sp³-hybridized carbons (Fsp3) is 0.600. The third-order valence-electron chi connectivity index (χ3n) is 5.62.